The first kappa shape index (κ1) is 23.0. The van der Waals surface area contributed by atoms with Crippen molar-refractivity contribution in [3.05, 3.63) is 18.2 Å². The van der Waals surface area contributed by atoms with Crippen molar-refractivity contribution < 1.29 is 8.42 Å². The van der Waals surface area contributed by atoms with Gasteiger partial charge in [-0.3, -0.25) is 0 Å². The van der Waals surface area contributed by atoms with Gasteiger partial charge in [0.15, 0.2) is 0 Å². The van der Waals surface area contributed by atoms with E-state index in [9.17, 15) is 8.42 Å². The first-order valence-corrected chi connectivity index (χ1v) is 10.8. The molecule has 1 saturated heterocycles. The van der Waals surface area contributed by atoms with Crippen molar-refractivity contribution in [2.45, 2.75) is 44.4 Å². The van der Waals surface area contributed by atoms with E-state index in [0.29, 0.717) is 23.7 Å². The van der Waals surface area contributed by atoms with Gasteiger partial charge in [0.1, 0.15) is 0 Å². The molecular formula is C18H33ClN4O2S. The number of nitrogens with one attached hydrogen (secondary N) is 1. The Kier molecular flexibility index (Phi) is 9.71. The van der Waals surface area contributed by atoms with E-state index in [2.05, 4.69) is 24.1 Å². The maximum absolute atomic E-state index is 12.7. The van der Waals surface area contributed by atoms with Crippen LogP contribution in [-0.2, 0) is 10.0 Å². The fourth-order valence-corrected chi connectivity index (χ4v) is 4.74. The molecule has 0 amide bonds. The molecule has 1 aliphatic heterocycles. The van der Waals surface area contributed by atoms with Crippen molar-refractivity contribution in [1.82, 2.24) is 9.21 Å². The van der Waals surface area contributed by atoms with E-state index >= 15 is 0 Å². The van der Waals surface area contributed by atoms with Crippen LogP contribution in [0.5, 0.6) is 0 Å². The zero-order chi connectivity index (χ0) is 18.3. The number of sulfonamides is 1. The van der Waals surface area contributed by atoms with Crippen LogP contribution in [-0.4, -0.2) is 56.9 Å². The first-order chi connectivity index (χ1) is 12.0. The second-order valence-corrected chi connectivity index (χ2v) is 8.46. The average Bonchev–Trinajstić information content (AvgIpc) is 2.63. The molecular weight excluding hydrogens is 372 g/mol. The number of nitrogen functional groups attached to an aromatic ring is 1. The van der Waals surface area contributed by atoms with Gasteiger partial charge in [0, 0.05) is 19.6 Å². The number of nitrogens with two attached hydrogens (primary N) is 1. The maximum Gasteiger partial charge on any atom is 0.243 e. The normalized spacial score (nSPS) is 15.7. The molecule has 0 unspecified atom stereocenters. The van der Waals surface area contributed by atoms with Crippen molar-refractivity contribution >= 4 is 33.8 Å². The van der Waals surface area contributed by atoms with Crippen molar-refractivity contribution in [1.29, 1.82) is 0 Å². The minimum atomic E-state index is -3.43. The lowest BCUT2D eigenvalue weighted by Crippen LogP contribution is -2.35. The summed E-state index contributed by atoms with van der Waals surface area (Å²) in [5.41, 5.74) is 7.38. The van der Waals surface area contributed by atoms with Crippen LogP contribution >= 0.6 is 12.4 Å². The first-order valence-electron chi connectivity index (χ1n) is 9.35. The van der Waals surface area contributed by atoms with Gasteiger partial charge < -0.3 is 16.0 Å². The van der Waals surface area contributed by atoms with Crippen molar-refractivity contribution in [3.63, 3.8) is 0 Å². The van der Waals surface area contributed by atoms with Gasteiger partial charge in [-0.2, -0.15) is 4.31 Å². The van der Waals surface area contributed by atoms with Crippen LogP contribution in [0.4, 0.5) is 11.4 Å². The van der Waals surface area contributed by atoms with E-state index in [0.717, 1.165) is 57.5 Å². The number of hydrogen-bond donors (Lipinski definition) is 2. The van der Waals surface area contributed by atoms with Crippen LogP contribution in [0.1, 0.15) is 39.5 Å². The summed E-state index contributed by atoms with van der Waals surface area (Å²) in [7, 11) is -3.43. The fraction of sp³-hybridized carbons (Fsp3) is 0.667. The van der Waals surface area contributed by atoms with Gasteiger partial charge in [0.25, 0.3) is 0 Å². The molecule has 0 radical (unpaired) electrons. The highest BCUT2D eigenvalue weighted by Crippen LogP contribution is 2.26. The lowest BCUT2D eigenvalue weighted by Gasteiger charge is -2.26. The van der Waals surface area contributed by atoms with Gasteiger partial charge >= 0.3 is 0 Å². The molecule has 0 saturated carbocycles. The third-order valence-electron chi connectivity index (χ3n) is 4.84. The monoisotopic (exact) mass is 404 g/mol. The van der Waals surface area contributed by atoms with E-state index in [1.807, 2.05) is 0 Å². The third kappa shape index (κ3) is 6.01. The Balaban J connectivity index is 0.00000338. The summed E-state index contributed by atoms with van der Waals surface area (Å²) in [4.78, 5) is 2.67. The van der Waals surface area contributed by atoms with Gasteiger partial charge in [-0.05, 0) is 57.1 Å². The van der Waals surface area contributed by atoms with E-state index in [-0.39, 0.29) is 12.4 Å². The summed E-state index contributed by atoms with van der Waals surface area (Å²) in [6, 6.07) is 5.02. The van der Waals surface area contributed by atoms with Crippen LogP contribution in [0.3, 0.4) is 0 Å². The van der Waals surface area contributed by atoms with Crippen LogP contribution in [0, 0.1) is 0 Å². The molecule has 6 nitrogen and oxygen atoms in total. The number of piperidine rings is 1. The zero-order valence-corrected chi connectivity index (χ0v) is 17.5. The van der Waals surface area contributed by atoms with Crippen LogP contribution in [0.15, 0.2) is 23.1 Å². The molecule has 26 heavy (non-hydrogen) atoms. The van der Waals surface area contributed by atoms with Crippen molar-refractivity contribution in [2.75, 3.05) is 50.3 Å². The summed E-state index contributed by atoms with van der Waals surface area (Å²) < 4.78 is 27.0. The van der Waals surface area contributed by atoms with E-state index in [1.54, 1.807) is 22.5 Å². The predicted octanol–water partition coefficient (Wildman–Crippen LogP) is 3.01. The molecule has 0 spiro atoms. The lowest BCUT2D eigenvalue weighted by atomic mass is 10.2. The van der Waals surface area contributed by atoms with Gasteiger partial charge in [0.05, 0.1) is 16.3 Å². The Morgan fingerprint density at radius 3 is 2.38 bits per heavy atom. The van der Waals surface area contributed by atoms with Crippen LogP contribution < -0.4 is 11.1 Å². The zero-order valence-electron chi connectivity index (χ0n) is 15.9. The second kappa shape index (κ2) is 11.0. The predicted molar refractivity (Wildman–Crippen MR) is 112 cm³/mol. The highest BCUT2D eigenvalue weighted by molar-refractivity contribution is 7.89. The van der Waals surface area contributed by atoms with E-state index < -0.39 is 10.0 Å². The number of nitrogens with zero attached hydrogens (tertiary/aromatic N) is 2. The number of benzene rings is 1. The van der Waals surface area contributed by atoms with Gasteiger partial charge in [-0.25, -0.2) is 8.42 Å². The molecule has 150 valence electrons. The van der Waals surface area contributed by atoms with Gasteiger partial charge in [0.2, 0.25) is 10.0 Å². The van der Waals surface area contributed by atoms with Crippen molar-refractivity contribution in [3.8, 4) is 0 Å². The molecule has 2 rings (SSSR count). The van der Waals surface area contributed by atoms with Crippen LogP contribution in [0.25, 0.3) is 0 Å². The largest absolute Gasteiger partial charge is 0.397 e. The standard InChI is InChI=1S/C18H32N4O2S.ClH/c1-3-21(4-2)12-8-11-20-18-10-9-16(15-17(18)19)25(23,24)22-13-6-5-7-14-22;/h9-10,15,20H,3-8,11-14,19H2,1-2H3;1H. The summed E-state index contributed by atoms with van der Waals surface area (Å²) in [6.07, 6.45) is 3.99. The molecule has 0 atom stereocenters. The molecule has 0 aromatic heterocycles. The molecule has 8 heteroatoms. The molecule has 1 aliphatic rings. The highest BCUT2D eigenvalue weighted by Gasteiger charge is 2.26. The average molecular weight is 405 g/mol. The Morgan fingerprint density at radius 1 is 1.15 bits per heavy atom. The molecule has 1 aromatic carbocycles. The lowest BCUT2D eigenvalue weighted by molar-refractivity contribution is 0.303. The quantitative estimate of drug-likeness (QED) is 0.488. The third-order valence-corrected chi connectivity index (χ3v) is 6.73. The van der Waals surface area contributed by atoms with E-state index in [4.69, 9.17) is 5.73 Å². The minimum Gasteiger partial charge on any atom is -0.397 e. The SMILES string of the molecule is CCN(CC)CCCNc1ccc(S(=O)(=O)N2CCCCC2)cc1N.Cl. The summed E-state index contributed by atoms with van der Waals surface area (Å²) in [5.74, 6) is 0. The van der Waals surface area contributed by atoms with Gasteiger partial charge in [-0.1, -0.05) is 20.3 Å². The molecule has 0 bridgehead atoms. The number of rotatable bonds is 9. The molecule has 1 fully saturated rings. The summed E-state index contributed by atoms with van der Waals surface area (Å²) in [6.45, 7) is 9.51. The summed E-state index contributed by atoms with van der Waals surface area (Å²) >= 11 is 0. The summed E-state index contributed by atoms with van der Waals surface area (Å²) in [5, 5.41) is 3.31. The smallest absolute Gasteiger partial charge is 0.243 e. The Hall–Kier alpha value is -1.02. The topological polar surface area (TPSA) is 78.7 Å². The highest BCUT2D eigenvalue weighted by atomic mass is 35.5. The van der Waals surface area contributed by atoms with Crippen molar-refractivity contribution in [2.24, 2.45) is 0 Å². The molecule has 3 N–H and O–H groups in total. The Bertz CT molecular complexity index is 645. The molecule has 0 aliphatic carbocycles. The van der Waals surface area contributed by atoms with Crippen LogP contribution in [0.2, 0.25) is 0 Å². The van der Waals surface area contributed by atoms with Gasteiger partial charge in [-0.15, -0.1) is 12.4 Å². The Labute approximate surface area is 164 Å². The minimum absolute atomic E-state index is 0. The number of hydrogen-bond acceptors (Lipinski definition) is 5. The van der Waals surface area contributed by atoms with E-state index in [1.165, 1.54) is 0 Å². The molecule has 1 aromatic rings. The second-order valence-electron chi connectivity index (χ2n) is 6.52. The number of halogens is 1. The Morgan fingerprint density at radius 2 is 1.81 bits per heavy atom. The fourth-order valence-electron chi connectivity index (χ4n) is 3.18. The molecule has 1 heterocycles. The number of anilines is 2. The maximum atomic E-state index is 12.7.